The molecule has 142 valence electrons. The summed E-state index contributed by atoms with van der Waals surface area (Å²) < 4.78 is 11.0. The van der Waals surface area contributed by atoms with Crippen molar-refractivity contribution in [3.63, 3.8) is 0 Å². The van der Waals surface area contributed by atoms with Gasteiger partial charge >= 0.3 is 5.97 Å². The van der Waals surface area contributed by atoms with Gasteiger partial charge in [-0.2, -0.15) is 0 Å². The van der Waals surface area contributed by atoms with Gasteiger partial charge < -0.3 is 14.4 Å². The van der Waals surface area contributed by atoms with E-state index in [1.54, 1.807) is 36.4 Å². The summed E-state index contributed by atoms with van der Waals surface area (Å²) in [6, 6.07) is 13.8. The van der Waals surface area contributed by atoms with Crippen molar-refractivity contribution in [1.29, 1.82) is 0 Å². The largest absolute Gasteiger partial charge is 0.490 e. The maximum atomic E-state index is 12.5. The van der Waals surface area contributed by atoms with Crippen LogP contribution >= 0.6 is 0 Å². The highest BCUT2D eigenvalue weighted by molar-refractivity contribution is 5.76. The molecular formula is C20H22N2O5. The smallest absolute Gasteiger partial charge is 0.314 e. The summed E-state index contributed by atoms with van der Waals surface area (Å²) in [5.41, 5.74) is 0.681. The first-order valence-electron chi connectivity index (χ1n) is 9.02. The molecule has 1 aliphatic heterocycles. The minimum Gasteiger partial charge on any atom is -0.490 e. The maximum absolute atomic E-state index is 12.5. The number of benzene rings is 2. The fourth-order valence-electron chi connectivity index (χ4n) is 3.24. The van der Waals surface area contributed by atoms with Crippen LogP contribution in [0, 0.1) is 16.0 Å². The zero-order valence-electron chi connectivity index (χ0n) is 15.2. The first kappa shape index (κ1) is 18.7. The van der Waals surface area contributed by atoms with Gasteiger partial charge in [-0.3, -0.25) is 14.9 Å². The molecule has 0 radical (unpaired) electrons. The van der Waals surface area contributed by atoms with Gasteiger partial charge in [0.1, 0.15) is 5.69 Å². The normalized spacial score (nSPS) is 14.6. The van der Waals surface area contributed by atoms with E-state index in [1.165, 1.54) is 6.07 Å². The number of carbonyl (C=O) groups is 1. The summed E-state index contributed by atoms with van der Waals surface area (Å²) in [5, 5.41) is 11.2. The van der Waals surface area contributed by atoms with E-state index < -0.39 is 0 Å². The number of piperidine rings is 1. The van der Waals surface area contributed by atoms with Crippen molar-refractivity contribution in [3.05, 3.63) is 58.6 Å². The minimum atomic E-state index is -0.375. The molecular weight excluding hydrogens is 348 g/mol. The standard InChI is InChI=1S/C20H22N2O5/c1-2-26-18-9-5-6-10-19(18)27-20(23)15-11-13-21(14-12-15)16-7-3-4-8-17(16)22(24)25/h3-10,15H,2,11-14H2,1H3. The molecule has 0 aromatic heterocycles. The fraction of sp³-hybridized carbons (Fsp3) is 0.350. The molecule has 0 saturated carbocycles. The van der Waals surface area contributed by atoms with Crippen LogP contribution in [0.4, 0.5) is 11.4 Å². The van der Waals surface area contributed by atoms with E-state index in [0.29, 0.717) is 49.7 Å². The van der Waals surface area contributed by atoms with E-state index in [9.17, 15) is 14.9 Å². The van der Waals surface area contributed by atoms with Crippen LogP contribution in [0.5, 0.6) is 11.5 Å². The Hall–Kier alpha value is -3.09. The van der Waals surface area contributed by atoms with Crippen LogP contribution in [0.25, 0.3) is 0 Å². The highest BCUT2D eigenvalue weighted by Gasteiger charge is 2.29. The monoisotopic (exact) mass is 370 g/mol. The summed E-state index contributed by atoms with van der Waals surface area (Å²) in [5.74, 6) is 0.444. The Morgan fingerprint density at radius 1 is 1.11 bits per heavy atom. The molecule has 1 saturated heterocycles. The Morgan fingerprint density at radius 2 is 1.74 bits per heavy atom. The first-order chi connectivity index (χ1) is 13.1. The average Bonchev–Trinajstić information content (AvgIpc) is 2.70. The van der Waals surface area contributed by atoms with Gasteiger partial charge in [0.25, 0.3) is 5.69 Å². The lowest BCUT2D eigenvalue weighted by atomic mass is 9.96. The number of hydrogen-bond donors (Lipinski definition) is 0. The number of nitro benzene ring substituents is 1. The highest BCUT2D eigenvalue weighted by Crippen LogP contribution is 2.32. The second-order valence-electron chi connectivity index (χ2n) is 6.31. The Bertz CT molecular complexity index is 816. The average molecular weight is 370 g/mol. The lowest BCUT2D eigenvalue weighted by Gasteiger charge is -2.32. The number of anilines is 1. The Kier molecular flexibility index (Phi) is 5.90. The van der Waals surface area contributed by atoms with E-state index >= 15 is 0 Å². The van der Waals surface area contributed by atoms with E-state index in [1.807, 2.05) is 17.9 Å². The molecule has 0 amide bonds. The summed E-state index contributed by atoms with van der Waals surface area (Å²) in [6.07, 6.45) is 1.17. The third-order valence-electron chi connectivity index (χ3n) is 4.61. The van der Waals surface area contributed by atoms with Gasteiger partial charge in [0.05, 0.1) is 17.4 Å². The van der Waals surface area contributed by atoms with E-state index in [2.05, 4.69) is 0 Å². The van der Waals surface area contributed by atoms with E-state index in [0.717, 1.165) is 0 Å². The summed E-state index contributed by atoms with van der Waals surface area (Å²) >= 11 is 0. The van der Waals surface area contributed by atoms with Crippen LogP contribution in [0.3, 0.4) is 0 Å². The van der Waals surface area contributed by atoms with Crippen molar-refractivity contribution < 1.29 is 19.2 Å². The summed E-state index contributed by atoms with van der Waals surface area (Å²) in [6.45, 7) is 3.50. The third kappa shape index (κ3) is 4.36. The first-order valence-corrected chi connectivity index (χ1v) is 9.02. The van der Waals surface area contributed by atoms with Crippen molar-refractivity contribution >= 4 is 17.3 Å². The van der Waals surface area contributed by atoms with Crippen molar-refractivity contribution in [2.75, 3.05) is 24.6 Å². The third-order valence-corrected chi connectivity index (χ3v) is 4.61. The Balaban J connectivity index is 1.63. The molecule has 1 heterocycles. The quantitative estimate of drug-likeness (QED) is 0.333. The molecule has 0 spiro atoms. The van der Waals surface area contributed by atoms with Crippen molar-refractivity contribution in [3.8, 4) is 11.5 Å². The van der Waals surface area contributed by atoms with Crippen molar-refractivity contribution in [2.45, 2.75) is 19.8 Å². The zero-order chi connectivity index (χ0) is 19.2. The van der Waals surface area contributed by atoms with Gasteiger partial charge in [-0.25, -0.2) is 0 Å². The van der Waals surface area contributed by atoms with Gasteiger partial charge in [0.2, 0.25) is 0 Å². The number of ether oxygens (including phenoxy) is 2. The Labute approximate surface area is 157 Å². The minimum absolute atomic E-state index is 0.0872. The van der Waals surface area contributed by atoms with Gasteiger partial charge in [0, 0.05) is 19.2 Å². The summed E-state index contributed by atoms with van der Waals surface area (Å²) in [4.78, 5) is 25.3. The second kappa shape index (κ2) is 8.53. The SMILES string of the molecule is CCOc1ccccc1OC(=O)C1CCN(c2ccccc2[N+](=O)[O-])CC1. The molecule has 0 aliphatic carbocycles. The van der Waals surface area contributed by atoms with Crippen LogP contribution in [-0.2, 0) is 4.79 Å². The molecule has 0 N–H and O–H groups in total. The van der Waals surface area contributed by atoms with E-state index in [4.69, 9.17) is 9.47 Å². The molecule has 27 heavy (non-hydrogen) atoms. The lowest BCUT2D eigenvalue weighted by Crippen LogP contribution is -2.38. The molecule has 1 fully saturated rings. The molecule has 2 aromatic carbocycles. The molecule has 0 unspecified atom stereocenters. The van der Waals surface area contributed by atoms with Gasteiger partial charge in [0.15, 0.2) is 11.5 Å². The van der Waals surface area contributed by atoms with Crippen molar-refractivity contribution in [1.82, 2.24) is 0 Å². The van der Waals surface area contributed by atoms with Gasteiger partial charge in [-0.15, -0.1) is 0 Å². The van der Waals surface area contributed by atoms with Crippen molar-refractivity contribution in [2.24, 2.45) is 5.92 Å². The molecule has 3 rings (SSSR count). The number of para-hydroxylation sites is 4. The number of rotatable bonds is 6. The Morgan fingerprint density at radius 3 is 2.41 bits per heavy atom. The molecule has 2 aromatic rings. The second-order valence-corrected chi connectivity index (χ2v) is 6.31. The van der Waals surface area contributed by atoms with Gasteiger partial charge in [-0.05, 0) is 38.0 Å². The number of hydrogen-bond acceptors (Lipinski definition) is 6. The van der Waals surface area contributed by atoms with E-state index in [-0.39, 0.29) is 22.5 Å². The maximum Gasteiger partial charge on any atom is 0.314 e. The number of carbonyl (C=O) groups excluding carboxylic acids is 1. The molecule has 0 bridgehead atoms. The fourth-order valence-corrected chi connectivity index (χ4v) is 3.24. The van der Waals surface area contributed by atoms with Crippen LogP contribution in [-0.4, -0.2) is 30.6 Å². The molecule has 7 nitrogen and oxygen atoms in total. The number of nitrogens with zero attached hydrogens (tertiary/aromatic N) is 2. The van der Waals surface area contributed by atoms with Crippen LogP contribution < -0.4 is 14.4 Å². The topological polar surface area (TPSA) is 81.9 Å². The van der Waals surface area contributed by atoms with Crippen LogP contribution in [0.2, 0.25) is 0 Å². The van der Waals surface area contributed by atoms with Crippen LogP contribution in [0.15, 0.2) is 48.5 Å². The summed E-state index contributed by atoms with van der Waals surface area (Å²) in [7, 11) is 0. The lowest BCUT2D eigenvalue weighted by molar-refractivity contribution is -0.384. The van der Waals surface area contributed by atoms with Crippen LogP contribution in [0.1, 0.15) is 19.8 Å². The zero-order valence-corrected chi connectivity index (χ0v) is 15.2. The number of esters is 1. The predicted molar refractivity (Wildman–Crippen MR) is 101 cm³/mol. The molecule has 1 aliphatic rings. The number of nitro groups is 1. The predicted octanol–water partition coefficient (Wildman–Crippen LogP) is 3.82. The molecule has 7 heteroatoms. The van der Waals surface area contributed by atoms with Gasteiger partial charge in [-0.1, -0.05) is 24.3 Å². The molecule has 0 atom stereocenters. The highest BCUT2D eigenvalue weighted by atomic mass is 16.6.